The monoisotopic (exact) mass is 286 g/mol. The molecule has 21 heavy (non-hydrogen) atoms. The average molecular weight is 286 g/mol. The normalized spacial score (nSPS) is 12.1. The maximum atomic E-state index is 9.90. The number of benzene rings is 1. The zero-order chi connectivity index (χ0) is 15.1. The van der Waals surface area contributed by atoms with Crippen LogP contribution < -0.4 is 10.1 Å². The number of hydrogen-bond acceptors (Lipinski definition) is 4. The van der Waals surface area contributed by atoms with E-state index in [0.29, 0.717) is 13.1 Å². The summed E-state index contributed by atoms with van der Waals surface area (Å²) in [6.45, 7) is 5.43. The summed E-state index contributed by atoms with van der Waals surface area (Å²) in [6.07, 6.45) is 1.31. The van der Waals surface area contributed by atoms with E-state index in [9.17, 15) is 5.11 Å². The highest BCUT2D eigenvalue weighted by molar-refractivity contribution is 5.27. The van der Waals surface area contributed by atoms with Crippen LogP contribution in [0.25, 0.3) is 0 Å². The molecule has 1 heterocycles. The van der Waals surface area contributed by atoms with Gasteiger partial charge >= 0.3 is 0 Å². The maximum absolute atomic E-state index is 9.90. The summed E-state index contributed by atoms with van der Waals surface area (Å²) in [6, 6.07) is 11.8. The molecule has 2 rings (SSSR count). The Labute approximate surface area is 125 Å². The van der Waals surface area contributed by atoms with Crippen molar-refractivity contribution >= 4 is 0 Å². The first-order valence-electron chi connectivity index (χ1n) is 7.13. The summed E-state index contributed by atoms with van der Waals surface area (Å²) in [5.41, 5.74) is 3.25. The van der Waals surface area contributed by atoms with Crippen molar-refractivity contribution in [3.05, 3.63) is 59.4 Å². The van der Waals surface area contributed by atoms with Crippen LogP contribution in [-0.2, 0) is 6.54 Å². The van der Waals surface area contributed by atoms with Crippen molar-refractivity contribution < 1.29 is 9.84 Å². The SMILES string of the molecule is Cc1cccc(OCC(O)CNCc2ccc(C)nc2)c1. The first-order chi connectivity index (χ1) is 10.1. The highest BCUT2D eigenvalue weighted by atomic mass is 16.5. The Bertz CT molecular complexity index is 555. The molecule has 1 aromatic carbocycles. The summed E-state index contributed by atoms with van der Waals surface area (Å²) < 4.78 is 5.56. The second kappa shape index (κ2) is 7.76. The largest absolute Gasteiger partial charge is 0.491 e. The number of rotatable bonds is 7. The van der Waals surface area contributed by atoms with Gasteiger partial charge in [-0.3, -0.25) is 4.98 Å². The molecule has 0 saturated heterocycles. The zero-order valence-electron chi connectivity index (χ0n) is 12.5. The number of aliphatic hydroxyl groups excluding tert-OH is 1. The number of ether oxygens (including phenoxy) is 1. The molecule has 0 aliphatic rings. The number of aromatic nitrogens is 1. The molecule has 1 unspecified atom stereocenters. The predicted octanol–water partition coefficient (Wildman–Crippen LogP) is 2.23. The van der Waals surface area contributed by atoms with Crippen molar-refractivity contribution in [2.24, 2.45) is 0 Å². The Kier molecular flexibility index (Phi) is 5.72. The lowest BCUT2D eigenvalue weighted by Gasteiger charge is -2.13. The summed E-state index contributed by atoms with van der Waals surface area (Å²) in [5, 5.41) is 13.1. The van der Waals surface area contributed by atoms with E-state index >= 15 is 0 Å². The molecule has 4 heteroatoms. The van der Waals surface area contributed by atoms with Gasteiger partial charge in [0.1, 0.15) is 18.5 Å². The van der Waals surface area contributed by atoms with Crippen LogP contribution in [-0.4, -0.2) is 29.3 Å². The van der Waals surface area contributed by atoms with E-state index in [2.05, 4.69) is 10.3 Å². The topological polar surface area (TPSA) is 54.4 Å². The van der Waals surface area contributed by atoms with Crippen LogP contribution in [0.15, 0.2) is 42.6 Å². The molecule has 1 atom stereocenters. The molecular weight excluding hydrogens is 264 g/mol. The molecule has 112 valence electrons. The summed E-state index contributed by atoms with van der Waals surface area (Å²) in [4.78, 5) is 4.23. The third kappa shape index (κ3) is 5.53. The van der Waals surface area contributed by atoms with Crippen molar-refractivity contribution in [1.29, 1.82) is 0 Å². The Morgan fingerprint density at radius 2 is 2.10 bits per heavy atom. The van der Waals surface area contributed by atoms with Crippen LogP contribution in [0, 0.1) is 13.8 Å². The first-order valence-corrected chi connectivity index (χ1v) is 7.13. The number of aliphatic hydroxyl groups is 1. The third-order valence-corrected chi connectivity index (χ3v) is 3.11. The number of pyridine rings is 1. The van der Waals surface area contributed by atoms with Gasteiger partial charge in [0.2, 0.25) is 0 Å². The van der Waals surface area contributed by atoms with Gasteiger partial charge in [-0.05, 0) is 43.2 Å². The smallest absolute Gasteiger partial charge is 0.119 e. The van der Waals surface area contributed by atoms with Crippen LogP contribution in [0.4, 0.5) is 0 Å². The van der Waals surface area contributed by atoms with E-state index in [1.165, 1.54) is 0 Å². The molecule has 0 spiro atoms. The molecule has 1 aromatic heterocycles. The van der Waals surface area contributed by atoms with Crippen LogP contribution >= 0.6 is 0 Å². The van der Waals surface area contributed by atoms with Gasteiger partial charge in [-0.2, -0.15) is 0 Å². The molecule has 0 fully saturated rings. The number of nitrogens with zero attached hydrogens (tertiary/aromatic N) is 1. The van der Waals surface area contributed by atoms with Crippen LogP contribution in [0.3, 0.4) is 0 Å². The fraction of sp³-hybridized carbons (Fsp3) is 0.353. The van der Waals surface area contributed by atoms with Gasteiger partial charge in [-0.1, -0.05) is 18.2 Å². The van der Waals surface area contributed by atoms with E-state index in [0.717, 1.165) is 22.6 Å². The maximum Gasteiger partial charge on any atom is 0.119 e. The van der Waals surface area contributed by atoms with Crippen LogP contribution in [0.5, 0.6) is 5.75 Å². The minimum absolute atomic E-state index is 0.280. The Balaban J connectivity index is 1.67. The molecule has 0 radical (unpaired) electrons. The fourth-order valence-electron chi connectivity index (χ4n) is 1.94. The van der Waals surface area contributed by atoms with Gasteiger partial charge in [0, 0.05) is 25.0 Å². The van der Waals surface area contributed by atoms with Gasteiger partial charge in [0.15, 0.2) is 0 Å². The van der Waals surface area contributed by atoms with Gasteiger partial charge in [0.05, 0.1) is 0 Å². The van der Waals surface area contributed by atoms with E-state index in [1.807, 2.05) is 56.4 Å². The molecule has 2 N–H and O–H groups in total. The Morgan fingerprint density at radius 1 is 1.24 bits per heavy atom. The number of aryl methyl sites for hydroxylation is 2. The van der Waals surface area contributed by atoms with Gasteiger partial charge in [-0.15, -0.1) is 0 Å². The fourth-order valence-corrected chi connectivity index (χ4v) is 1.94. The van der Waals surface area contributed by atoms with Crippen molar-refractivity contribution in [3.8, 4) is 5.75 Å². The molecule has 0 amide bonds. The predicted molar refractivity (Wildman–Crippen MR) is 83.4 cm³/mol. The highest BCUT2D eigenvalue weighted by Gasteiger charge is 2.05. The highest BCUT2D eigenvalue weighted by Crippen LogP contribution is 2.12. The summed E-state index contributed by atoms with van der Waals surface area (Å²) in [7, 11) is 0. The minimum Gasteiger partial charge on any atom is -0.491 e. The molecule has 0 saturated carbocycles. The lowest BCUT2D eigenvalue weighted by molar-refractivity contribution is 0.106. The molecule has 0 bridgehead atoms. The molecule has 2 aromatic rings. The van der Waals surface area contributed by atoms with Crippen molar-refractivity contribution in [3.63, 3.8) is 0 Å². The summed E-state index contributed by atoms with van der Waals surface area (Å²) in [5.74, 6) is 0.789. The van der Waals surface area contributed by atoms with Crippen molar-refractivity contribution in [2.45, 2.75) is 26.5 Å². The average Bonchev–Trinajstić information content (AvgIpc) is 2.47. The molecular formula is C17H22N2O2. The lowest BCUT2D eigenvalue weighted by atomic mass is 10.2. The van der Waals surface area contributed by atoms with Crippen molar-refractivity contribution in [1.82, 2.24) is 10.3 Å². The third-order valence-electron chi connectivity index (χ3n) is 3.11. The Hall–Kier alpha value is -1.91. The Morgan fingerprint density at radius 3 is 2.81 bits per heavy atom. The second-order valence-electron chi connectivity index (χ2n) is 5.22. The lowest BCUT2D eigenvalue weighted by Crippen LogP contribution is -2.31. The van der Waals surface area contributed by atoms with E-state index in [-0.39, 0.29) is 6.61 Å². The van der Waals surface area contributed by atoms with Gasteiger partial charge in [0.25, 0.3) is 0 Å². The minimum atomic E-state index is -0.538. The van der Waals surface area contributed by atoms with Gasteiger partial charge in [-0.25, -0.2) is 0 Å². The van der Waals surface area contributed by atoms with Crippen LogP contribution in [0.1, 0.15) is 16.8 Å². The van der Waals surface area contributed by atoms with E-state index in [4.69, 9.17) is 4.74 Å². The standard InChI is InChI=1S/C17H22N2O2/c1-13-4-3-5-17(8-13)21-12-16(20)11-18-9-15-7-6-14(2)19-10-15/h3-8,10,16,18,20H,9,11-12H2,1-2H3. The van der Waals surface area contributed by atoms with Gasteiger partial charge < -0.3 is 15.2 Å². The van der Waals surface area contributed by atoms with E-state index in [1.54, 1.807) is 0 Å². The first kappa shape index (κ1) is 15.5. The quantitative estimate of drug-likeness (QED) is 0.819. The summed E-state index contributed by atoms with van der Waals surface area (Å²) >= 11 is 0. The second-order valence-corrected chi connectivity index (χ2v) is 5.22. The molecule has 0 aliphatic carbocycles. The van der Waals surface area contributed by atoms with Crippen LogP contribution in [0.2, 0.25) is 0 Å². The van der Waals surface area contributed by atoms with E-state index < -0.39 is 6.10 Å². The zero-order valence-corrected chi connectivity index (χ0v) is 12.5. The molecule has 0 aliphatic heterocycles. The molecule has 4 nitrogen and oxygen atoms in total. The van der Waals surface area contributed by atoms with Crippen molar-refractivity contribution in [2.75, 3.05) is 13.2 Å². The number of hydrogen-bond donors (Lipinski definition) is 2. The number of nitrogens with one attached hydrogen (secondary N) is 1.